The Hall–Kier alpha value is -3.23. The smallest absolute Gasteiger partial charge is 0.306 e. The Morgan fingerprint density at radius 3 is 2.58 bits per heavy atom. The highest BCUT2D eigenvalue weighted by Gasteiger charge is 2.32. The van der Waals surface area contributed by atoms with Gasteiger partial charge in [0.15, 0.2) is 0 Å². The Bertz CT molecular complexity index is 1410. The van der Waals surface area contributed by atoms with E-state index in [4.69, 9.17) is 14.2 Å². The number of benzene rings is 3. The van der Waals surface area contributed by atoms with E-state index in [0.29, 0.717) is 35.8 Å². The molecule has 0 saturated heterocycles. The number of halogens is 1. The second-order valence-corrected chi connectivity index (χ2v) is 12.2. The van der Waals surface area contributed by atoms with Gasteiger partial charge in [0, 0.05) is 45.9 Å². The number of aryl methyl sites for hydroxylation is 3. The van der Waals surface area contributed by atoms with Crippen LogP contribution in [0.5, 0.6) is 11.5 Å². The van der Waals surface area contributed by atoms with E-state index in [9.17, 15) is 9.00 Å². The van der Waals surface area contributed by atoms with Gasteiger partial charge in [-0.2, -0.15) is 0 Å². The summed E-state index contributed by atoms with van der Waals surface area (Å²) in [5, 5.41) is 0. The number of carbonyl (C=O) groups excluding carboxylic acids is 1. The van der Waals surface area contributed by atoms with Gasteiger partial charge in [0.2, 0.25) is 0 Å². The Balaban J connectivity index is 0.00000370. The van der Waals surface area contributed by atoms with Gasteiger partial charge in [-0.1, -0.05) is 24.3 Å². The van der Waals surface area contributed by atoms with Crippen molar-refractivity contribution in [2.75, 3.05) is 25.7 Å². The molecule has 0 fully saturated rings. The number of hydrogen-bond acceptors (Lipinski definition) is 5. The van der Waals surface area contributed by atoms with Gasteiger partial charge in [-0.15, -0.1) is 0 Å². The number of fused-ring (bicyclic) bond motifs is 2. The topological polar surface area (TPSA) is 93.3 Å². The number of carbonyl (C=O) groups is 1. The molecule has 0 spiro atoms. The van der Waals surface area contributed by atoms with Gasteiger partial charge in [0.25, 0.3) is 0 Å². The zero-order chi connectivity index (χ0) is 27.7. The van der Waals surface area contributed by atoms with E-state index < -0.39 is 10.8 Å². The molecule has 214 valence electrons. The first-order chi connectivity index (χ1) is 18.7. The SMILES string of the molecule is COC(=O)C[C@@H]1COc2cc(O[C@@H]3CCc4c(-c5c(C)cc(CCCS(C)=O)cc5C)ccc(F)c43)ccc21.O. The van der Waals surface area contributed by atoms with Crippen LogP contribution in [0, 0.1) is 19.7 Å². The summed E-state index contributed by atoms with van der Waals surface area (Å²) in [6.45, 7) is 4.65. The number of esters is 1. The molecule has 8 heteroatoms. The van der Waals surface area contributed by atoms with Crippen LogP contribution in [0.2, 0.25) is 0 Å². The standard InChI is InChI=1S/C32H35FO5S.H2O/c1-19-14-21(6-5-13-39(4)35)15-20(2)31(19)25-9-11-27(33)32-26(25)10-12-28(32)38-23-7-8-24-22(16-30(34)36-3)18-37-29(24)17-23;/h7-9,11,14-15,17,22,28H,5-6,10,12-13,16,18H2,1-4H3;1H2/t22-,28-,39?;/m1./s1. The second kappa shape index (κ2) is 12.5. The molecule has 40 heavy (non-hydrogen) atoms. The maximum absolute atomic E-state index is 15.3. The minimum Gasteiger partial charge on any atom is -0.492 e. The monoisotopic (exact) mass is 568 g/mol. The van der Waals surface area contributed by atoms with Crippen LogP contribution in [-0.4, -0.2) is 41.4 Å². The molecule has 1 aliphatic carbocycles. The molecule has 1 aliphatic heterocycles. The van der Waals surface area contributed by atoms with E-state index in [1.165, 1.54) is 12.7 Å². The molecular formula is C32H37FO6S. The van der Waals surface area contributed by atoms with Crippen molar-refractivity contribution in [1.82, 2.24) is 0 Å². The van der Waals surface area contributed by atoms with E-state index in [2.05, 4.69) is 26.0 Å². The lowest BCUT2D eigenvalue weighted by molar-refractivity contribution is -0.141. The van der Waals surface area contributed by atoms with Crippen LogP contribution in [0.1, 0.15) is 64.7 Å². The molecule has 0 radical (unpaired) electrons. The third-order valence-corrected chi connectivity index (χ3v) is 8.69. The minimum absolute atomic E-state index is 0. The van der Waals surface area contributed by atoms with Crippen molar-refractivity contribution < 1.29 is 33.1 Å². The van der Waals surface area contributed by atoms with Crippen molar-refractivity contribution in [2.24, 2.45) is 0 Å². The highest BCUT2D eigenvalue weighted by molar-refractivity contribution is 7.84. The van der Waals surface area contributed by atoms with Gasteiger partial charge in [-0.25, -0.2) is 4.39 Å². The molecular weight excluding hydrogens is 531 g/mol. The fraction of sp³-hybridized carbons (Fsp3) is 0.406. The average Bonchev–Trinajstić information content (AvgIpc) is 3.49. The maximum Gasteiger partial charge on any atom is 0.306 e. The van der Waals surface area contributed by atoms with Gasteiger partial charge >= 0.3 is 5.97 Å². The lowest BCUT2D eigenvalue weighted by Crippen LogP contribution is -2.09. The molecule has 3 atom stereocenters. The quantitative estimate of drug-likeness (QED) is 0.309. The molecule has 5 rings (SSSR count). The summed E-state index contributed by atoms with van der Waals surface area (Å²) in [5.74, 6) is 1.48. The number of ether oxygens (including phenoxy) is 3. The van der Waals surface area contributed by atoms with E-state index in [0.717, 1.165) is 52.6 Å². The molecule has 3 aromatic carbocycles. The molecule has 2 N–H and O–H groups in total. The van der Waals surface area contributed by atoms with Gasteiger partial charge in [-0.3, -0.25) is 9.00 Å². The molecule has 0 bridgehead atoms. The summed E-state index contributed by atoms with van der Waals surface area (Å²) in [5.41, 5.74) is 8.39. The van der Waals surface area contributed by atoms with E-state index in [1.54, 1.807) is 12.3 Å². The number of rotatable bonds is 9. The Morgan fingerprint density at radius 1 is 1.12 bits per heavy atom. The first-order valence-electron chi connectivity index (χ1n) is 13.5. The molecule has 3 aromatic rings. The Labute approximate surface area is 237 Å². The normalized spacial score (nSPS) is 17.8. The van der Waals surface area contributed by atoms with Gasteiger partial charge < -0.3 is 19.7 Å². The molecule has 1 unspecified atom stereocenters. The van der Waals surface area contributed by atoms with E-state index >= 15 is 4.39 Å². The third-order valence-electron chi connectivity index (χ3n) is 7.83. The van der Waals surface area contributed by atoms with Crippen molar-refractivity contribution in [1.29, 1.82) is 0 Å². The Morgan fingerprint density at radius 2 is 1.88 bits per heavy atom. The predicted octanol–water partition coefficient (Wildman–Crippen LogP) is 5.70. The summed E-state index contributed by atoms with van der Waals surface area (Å²) >= 11 is 0. The van der Waals surface area contributed by atoms with E-state index in [-0.39, 0.29) is 35.7 Å². The lowest BCUT2D eigenvalue weighted by Gasteiger charge is -2.19. The summed E-state index contributed by atoms with van der Waals surface area (Å²) in [6.07, 6.45) is 4.84. The fourth-order valence-electron chi connectivity index (χ4n) is 6.08. The summed E-state index contributed by atoms with van der Waals surface area (Å²) in [4.78, 5) is 11.7. The first kappa shape index (κ1) is 29.7. The van der Waals surface area contributed by atoms with Crippen molar-refractivity contribution in [2.45, 2.75) is 58.0 Å². The molecule has 0 saturated carbocycles. The highest BCUT2D eigenvalue weighted by atomic mass is 32.2. The zero-order valence-electron chi connectivity index (χ0n) is 23.5. The molecule has 6 nitrogen and oxygen atoms in total. The summed E-state index contributed by atoms with van der Waals surface area (Å²) < 4.78 is 43.7. The van der Waals surface area contributed by atoms with Crippen LogP contribution in [0.3, 0.4) is 0 Å². The summed E-state index contributed by atoms with van der Waals surface area (Å²) in [6, 6.07) is 13.5. The zero-order valence-corrected chi connectivity index (χ0v) is 24.3. The van der Waals surface area contributed by atoms with Gasteiger partial charge in [0.05, 0.1) is 20.1 Å². The van der Waals surface area contributed by atoms with Crippen molar-refractivity contribution in [3.63, 3.8) is 0 Å². The van der Waals surface area contributed by atoms with Crippen LogP contribution in [-0.2, 0) is 33.2 Å². The van der Waals surface area contributed by atoms with Crippen molar-refractivity contribution in [3.8, 4) is 22.6 Å². The first-order valence-corrected chi connectivity index (χ1v) is 15.2. The van der Waals surface area contributed by atoms with Crippen molar-refractivity contribution in [3.05, 3.63) is 81.7 Å². The minimum atomic E-state index is -0.781. The van der Waals surface area contributed by atoms with Crippen LogP contribution >= 0.6 is 0 Å². The maximum atomic E-state index is 15.3. The predicted molar refractivity (Wildman–Crippen MR) is 155 cm³/mol. The molecule has 0 amide bonds. The van der Waals surface area contributed by atoms with Crippen LogP contribution in [0.15, 0.2) is 42.5 Å². The largest absolute Gasteiger partial charge is 0.492 e. The molecule has 2 aliphatic rings. The van der Waals surface area contributed by atoms with E-state index in [1.807, 2.05) is 24.3 Å². The van der Waals surface area contributed by atoms with Crippen LogP contribution in [0.25, 0.3) is 11.1 Å². The van der Waals surface area contributed by atoms with Crippen LogP contribution < -0.4 is 9.47 Å². The van der Waals surface area contributed by atoms with Crippen LogP contribution in [0.4, 0.5) is 4.39 Å². The van der Waals surface area contributed by atoms with Crippen molar-refractivity contribution >= 4 is 16.8 Å². The number of hydrogen-bond donors (Lipinski definition) is 0. The van der Waals surface area contributed by atoms with Gasteiger partial charge in [-0.05, 0) is 85.0 Å². The van der Waals surface area contributed by atoms with Gasteiger partial charge in [0.1, 0.15) is 23.4 Å². The molecule has 1 heterocycles. The lowest BCUT2D eigenvalue weighted by atomic mass is 9.88. The molecule has 0 aromatic heterocycles. The highest BCUT2D eigenvalue weighted by Crippen LogP contribution is 2.45. The fourth-order valence-corrected chi connectivity index (χ4v) is 6.63. The average molecular weight is 569 g/mol. The summed E-state index contributed by atoms with van der Waals surface area (Å²) in [7, 11) is 0.606. The number of methoxy groups -OCH3 is 1. The third kappa shape index (κ3) is 6.08. The Kier molecular flexibility index (Phi) is 9.31. The second-order valence-electron chi connectivity index (χ2n) is 10.6.